The van der Waals surface area contributed by atoms with E-state index in [0.29, 0.717) is 22.9 Å². The van der Waals surface area contributed by atoms with Gasteiger partial charge in [0.05, 0.1) is 5.69 Å². The first-order valence-electron chi connectivity index (χ1n) is 10.7. The smallest absolute Gasteiger partial charge is 0.335 e. The Labute approximate surface area is 201 Å². The number of aryl methyl sites for hydroxylation is 1. The molecule has 2 heterocycles. The number of imide groups is 2. The lowest BCUT2D eigenvalue weighted by molar-refractivity contribution is -0.122. The molecule has 34 heavy (non-hydrogen) atoms. The molecule has 1 saturated heterocycles. The maximum absolute atomic E-state index is 13.2. The van der Waals surface area contributed by atoms with Crippen molar-refractivity contribution in [1.29, 1.82) is 0 Å². The van der Waals surface area contributed by atoms with Gasteiger partial charge in [0, 0.05) is 23.5 Å². The van der Waals surface area contributed by atoms with Gasteiger partial charge in [-0.1, -0.05) is 60.1 Å². The van der Waals surface area contributed by atoms with Crippen LogP contribution in [-0.4, -0.2) is 22.4 Å². The molecule has 7 heteroatoms. The van der Waals surface area contributed by atoms with Gasteiger partial charge in [0.1, 0.15) is 5.57 Å². The molecule has 1 aliphatic heterocycles. The summed E-state index contributed by atoms with van der Waals surface area (Å²) in [5.41, 5.74) is 2.76. The minimum Gasteiger partial charge on any atom is -0.344 e. The van der Waals surface area contributed by atoms with Gasteiger partial charge in [-0.2, -0.15) is 0 Å². The zero-order chi connectivity index (χ0) is 23.8. The van der Waals surface area contributed by atoms with Gasteiger partial charge >= 0.3 is 6.03 Å². The van der Waals surface area contributed by atoms with Gasteiger partial charge in [0.25, 0.3) is 11.8 Å². The third kappa shape index (κ3) is 3.89. The molecule has 4 aromatic rings. The van der Waals surface area contributed by atoms with Gasteiger partial charge < -0.3 is 4.57 Å². The zero-order valence-corrected chi connectivity index (χ0v) is 19.0. The van der Waals surface area contributed by atoms with E-state index in [2.05, 4.69) is 29.6 Å². The highest BCUT2D eigenvalue weighted by Gasteiger charge is 2.37. The molecule has 0 radical (unpaired) electrons. The van der Waals surface area contributed by atoms with Crippen LogP contribution in [0, 0.1) is 6.92 Å². The van der Waals surface area contributed by atoms with Crippen LogP contribution in [-0.2, 0) is 16.1 Å². The fraction of sp³-hybridized carbons (Fsp3) is 0.0741. The predicted octanol–water partition coefficient (Wildman–Crippen LogP) is 5.32. The SMILES string of the molecule is Cc1ccc(N2C(=O)NC(=O)/C(=C\c3cccn3Cc3cccc4ccccc34)C2=O)cc1Cl. The first-order valence-corrected chi connectivity index (χ1v) is 11.1. The molecule has 0 spiro atoms. The Hall–Kier alpha value is -4.16. The maximum atomic E-state index is 13.2. The van der Waals surface area contributed by atoms with Crippen molar-refractivity contribution in [3.8, 4) is 0 Å². The molecule has 4 amide bonds. The number of nitrogens with zero attached hydrogens (tertiary/aromatic N) is 2. The number of benzene rings is 3. The fourth-order valence-corrected chi connectivity index (χ4v) is 4.25. The van der Waals surface area contributed by atoms with Gasteiger partial charge in [0.2, 0.25) is 0 Å². The van der Waals surface area contributed by atoms with Crippen molar-refractivity contribution >= 4 is 52.0 Å². The van der Waals surface area contributed by atoms with Crippen molar-refractivity contribution in [2.24, 2.45) is 0 Å². The topological polar surface area (TPSA) is 71.4 Å². The molecular weight excluding hydrogens is 450 g/mol. The molecule has 1 N–H and O–H groups in total. The van der Waals surface area contributed by atoms with Crippen LogP contribution in [0.15, 0.2) is 84.6 Å². The zero-order valence-electron chi connectivity index (χ0n) is 18.3. The Balaban J connectivity index is 1.50. The van der Waals surface area contributed by atoms with Crippen molar-refractivity contribution in [2.75, 3.05) is 4.90 Å². The number of carbonyl (C=O) groups is 3. The van der Waals surface area contributed by atoms with E-state index in [4.69, 9.17) is 11.6 Å². The molecule has 6 nitrogen and oxygen atoms in total. The molecule has 0 atom stereocenters. The standard InChI is InChI=1S/C27H20ClN3O3/c1-17-11-12-21(15-24(17)28)31-26(33)23(25(32)29-27(31)34)14-20-9-5-13-30(20)16-19-8-4-7-18-6-2-3-10-22(18)19/h2-15H,16H2,1H3,(H,29,32,34)/b23-14+. The van der Waals surface area contributed by atoms with Crippen LogP contribution < -0.4 is 10.2 Å². The van der Waals surface area contributed by atoms with Crippen molar-refractivity contribution in [1.82, 2.24) is 9.88 Å². The Morgan fingerprint density at radius 2 is 1.74 bits per heavy atom. The van der Waals surface area contributed by atoms with Gasteiger partial charge in [-0.05, 0) is 59.2 Å². The monoisotopic (exact) mass is 469 g/mol. The van der Waals surface area contributed by atoms with Gasteiger partial charge in [-0.3, -0.25) is 14.9 Å². The van der Waals surface area contributed by atoms with Crippen molar-refractivity contribution < 1.29 is 14.4 Å². The highest BCUT2D eigenvalue weighted by molar-refractivity contribution is 6.39. The average molecular weight is 470 g/mol. The molecule has 168 valence electrons. The van der Waals surface area contributed by atoms with Crippen LogP contribution in [0.25, 0.3) is 16.8 Å². The van der Waals surface area contributed by atoms with Crippen LogP contribution in [0.4, 0.5) is 10.5 Å². The van der Waals surface area contributed by atoms with E-state index in [1.165, 1.54) is 12.1 Å². The summed E-state index contributed by atoms with van der Waals surface area (Å²) in [4.78, 5) is 39.3. The molecule has 1 fully saturated rings. The lowest BCUT2D eigenvalue weighted by Gasteiger charge is -2.26. The summed E-state index contributed by atoms with van der Waals surface area (Å²) in [7, 11) is 0. The van der Waals surface area contributed by atoms with E-state index in [1.54, 1.807) is 12.1 Å². The number of anilines is 1. The third-order valence-corrected chi connectivity index (χ3v) is 6.30. The number of halogens is 1. The van der Waals surface area contributed by atoms with Crippen LogP contribution in [0.1, 0.15) is 16.8 Å². The third-order valence-electron chi connectivity index (χ3n) is 5.89. The number of carbonyl (C=O) groups excluding carboxylic acids is 3. The highest BCUT2D eigenvalue weighted by Crippen LogP contribution is 2.27. The number of amides is 4. The number of rotatable bonds is 4. The summed E-state index contributed by atoms with van der Waals surface area (Å²) >= 11 is 6.19. The number of nitrogens with one attached hydrogen (secondary N) is 1. The minimum absolute atomic E-state index is 0.130. The summed E-state index contributed by atoms with van der Waals surface area (Å²) < 4.78 is 1.96. The van der Waals surface area contributed by atoms with Crippen LogP contribution >= 0.6 is 11.6 Å². The van der Waals surface area contributed by atoms with E-state index >= 15 is 0 Å². The van der Waals surface area contributed by atoms with Gasteiger partial charge in [-0.15, -0.1) is 0 Å². The average Bonchev–Trinajstić information content (AvgIpc) is 3.25. The molecule has 0 aliphatic carbocycles. The summed E-state index contributed by atoms with van der Waals surface area (Å²) in [6, 6.07) is 22.0. The van der Waals surface area contributed by atoms with Crippen LogP contribution in [0.5, 0.6) is 0 Å². The number of urea groups is 1. The quantitative estimate of drug-likeness (QED) is 0.325. The molecule has 3 aromatic carbocycles. The van der Waals surface area contributed by atoms with Gasteiger partial charge in [-0.25, -0.2) is 9.69 Å². The number of hydrogen-bond acceptors (Lipinski definition) is 3. The van der Waals surface area contributed by atoms with Crippen LogP contribution in [0.3, 0.4) is 0 Å². The van der Waals surface area contributed by atoms with Crippen molar-refractivity contribution in [3.05, 3.63) is 106 Å². The normalized spacial score (nSPS) is 15.3. The number of aromatic nitrogens is 1. The second-order valence-corrected chi connectivity index (χ2v) is 8.50. The lowest BCUT2D eigenvalue weighted by atomic mass is 10.0. The molecule has 1 aromatic heterocycles. The second kappa shape index (κ2) is 8.65. The van der Waals surface area contributed by atoms with E-state index in [-0.39, 0.29) is 5.57 Å². The summed E-state index contributed by atoms with van der Waals surface area (Å²) in [6.45, 7) is 2.38. The Bertz CT molecular complexity index is 1500. The van der Waals surface area contributed by atoms with Crippen molar-refractivity contribution in [2.45, 2.75) is 13.5 Å². The molecule has 1 aliphatic rings. The first kappa shape index (κ1) is 21.7. The summed E-state index contributed by atoms with van der Waals surface area (Å²) in [5.74, 6) is -1.44. The second-order valence-electron chi connectivity index (χ2n) is 8.09. The first-order chi connectivity index (χ1) is 16.4. The van der Waals surface area contributed by atoms with Gasteiger partial charge in [0.15, 0.2) is 0 Å². The lowest BCUT2D eigenvalue weighted by Crippen LogP contribution is -2.54. The Morgan fingerprint density at radius 3 is 2.56 bits per heavy atom. The predicted molar refractivity (Wildman–Crippen MR) is 133 cm³/mol. The molecule has 0 unspecified atom stereocenters. The Kier molecular flexibility index (Phi) is 5.51. The van der Waals surface area contributed by atoms with Crippen LogP contribution in [0.2, 0.25) is 5.02 Å². The number of barbiturate groups is 1. The number of hydrogen-bond donors (Lipinski definition) is 1. The molecule has 0 bridgehead atoms. The van der Waals surface area contributed by atoms with E-state index in [0.717, 1.165) is 26.8 Å². The number of fused-ring (bicyclic) bond motifs is 1. The fourth-order valence-electron chi connectivity index (χ4n) is 4.08. The highest BCUT2D eigenvalue weighted by atomic mass is 35.5. The molecular formula is C27H20ClN3O3. The summed E-state index contributed by atoms with van der Waals surface area (Å²) in [6.07, 6.45) is 3.40. The van der Waals surface area contributed by atoms with E-state index < -0.39 is 17.8 Å². The summed E-state index contributed by atoms with van der Waals surface area (Å²) in [5, 5.41) is 4.95. The largest absolute Gasteiger partial charge is 0.344 e. The maximum Gasteiger partial charge on any atom is 0.335 e. The van der Waals surface area contributed by atoms with E-state index in [1.807, 2.05) is 48.0 Å². The molecule has 5 rings (SSSR count). The molecule has 0 saturated carbocycles. The van der Waals surface area contributed by atoms with E-state index in [9.17, 15) is 14.4 Å². The Morgan fingerprint density at radius 1 is 0.941 bits per heavy atom. The minimum atomic E-state index is -0.807. The van der Waals surface area contributed by atoms with Crippen molar-refractivity contribution in [3.63, 3.8) is 0 Å².